The minimum atomic E-state index is -0.310. The Labute approximate surface area is 87.9 Å². The lowest BCUT2D eigenvalue weighted by Crippen LogP contribution is -2.13. The lowest BCUT2D eigenvalue weighted by Gasteiger charge is -2.03. The Kier molecular flexibility index (Phi) is 4.10. The number of nitrogens with zero attached hydrogens (tertiary/aromatic N) is 2. The predicted octanol–water partition coefficient (Wildman–Crippen LogP) is 0.631. The highest BCUT2D eigenvalue weighted by atomic mass is 16.1. The van der Waals surface area contributed by atoms with Crippen LogP contribution in [-0.4, -0.2) is 17.4 Å². The van der Waals surface area contributed by atoms with E-state index in [4.69, 9.17) is 11.0 Å². The number of carbonyl (C=O) groups excluding carboxylic acids is 1. The molecule has 0 aliphatic carbocycles. The Morgan fingerprint density at radius 3 is 3.07 bits per heavy atom. The van der Waals surface area contributed by atoms with Crippen molar-refractivity contribution in [3.05, 3.63) is 23.9 Å². The molecule has 0 spiro atoms. The van der Waals surface area contributed by atoms with E-state index in [-0.39, 0.29) is 5.91 Å². The second kappa shape index (κ2) is 5.60. The number of hydrogen-bond donors (Lipinski definition) is 2. The van der Waals surface area contributed by atoms with Gasteiger partial charge in [-0.3, -0.25) is 4.79 Å². The fourth-order valence-electron chi connectivity index (χ4n) is 1.07. The van der Waals surface area contributed by atoms with E-state index in [0.717, 1.165) is 0 Å². The first-order valence-electron chi connectivity index (χ1n) is 4.61. The summed E-state index contributed by atoms with van der Waals surface area (Å²) in [6.07, 6.45) is 1.01. The van der Waals surface area contributed by atoms with Gasteiger partial charge in [-0.1, -0.05) is 6.07 Å². The molecule has 5 heteroatoms. The van der Waals surface area contributed by atoms with Crippen molar-refractivity contribution in [1.82, 2.24) is 4.98 Å². The summed E-state index contributed by atoms with van der Waals surface area (Å²) in [4.78, 5) is 14.5. The minimum absolute atomic E-state index is 0.310. The number of nitrogens with one attached hydrogen (secondary N) is 1. The van der Waals surface area contributed by atoms with E-state index in [2.05, 4.69) is 10.3 Å². The SMILES string of the molecule is N#Cc1cccc(NCCCC(N)=O)n1. The first-order chi connectivity index (χ1) is 7.22. The minimum Gasteiger partial charge on any atom is -0.370 e. The summed E-state index contributed by atoms with van der Waals surface area (Å²) in [6.45, 7) is 0.616. The van der Waals surface area contributed by atoms with Crippen molar-refractivity contribution < 1.29 is 4.79 Å². The Balaban J connectivity index is 2.38. The molecule has 0 aliphatic rings. The molecule has 3 N–H and O–H groups in total. The fourth-order valence-corrected chi connectivity index (χ4v) is 1.07. The van der Waals surface area contributed by atoms with E-state index in [1.54, 1.807) is 18.2 Å². The molecule has 0 radical (unpaired) electrons. The number of carbonyl (C=O) groups is 1. The number of amides is 1. The van der Waals surface area contributed by atoms with Gasteiger partial charge in [0.05, 0.1) is 0 Å². The molecule has 0 aromatic carbocycles. The van der Waals surface area contributed by atoms with Crippen LogP contribution >= 0.6 is 0 Å². The number of nitrogens with two attached hydrogens (primary N) is 1. The quantitative estimate of drug-likeness (QED) is 0.688. The van der Waals surface area contributed by atoms with Crippen LogP contribution in [0.3, 0.4) is 0 Å². The number of anilines is 1. The molecule has 0 saturated carbocycles. The monoisotopic (exact) mass is 204 g/mol. The van der Waals surface area contributed by atoms with E-state index in [0.29, 0.717) is 30.9 Å². The van der Waals surface area contributed by atoms with Gasteiger partial charge in [-0.15, -0.1) is 0 Å². The zero-order valence-corrected chi connectivity index (χ0v) is 8.23. The van der Waals surface area contributed by atoms with Crippen LogP contribution in [-0.2, 0) is 4.79 Å². The third kappa shape index (κ3) is 4.09. The molecule has 1 aromatic rings. The molecule has 1 heterocycles. The second-order valence-electron chi connectivity index (χ2n) is 3.02. The highest BCUT2D eigenvalue weighted by Crippen LogP contribution is 2.03. The van der Waals surface area contributed by atoms with Crippen molar-refractivity contribution in [3.63, 3.8) is 0 Å². The number of hydrogen-bond acceptors (Lipinski definition) is 4. The zero-order valence-electron chi connectivity index (χ0n) is 8.23. The van der Waals surface area contributed by atoms with Crippen molar-refractivity contribution in [2.75, 3.05) is 11.9 Å². The average molecular weight is 204 g/mol. The van der Waals surface area contributed by atoms with Crippen molar-refractivity contribution in [3.8, 4) is 6.07 Å². The number of aromatic nitrogens is 1. The summed E-state index contributed by atoms with van der Waals surface area (Å²) in [5, 5.41) is 11.6. The summed E-state index contributed by atoms with van der Waals surface area (Å²) >= 11 is 0. The molecule has 1 amide bonds. The van der Waals surface area contributed by atoms with Crippen LogP contribution in [0.2, 0.25) is 0 Å². The summed E-state index contributed by atoms with van der Waals surface area (Å²) in [5.41, 5.74) is 5.36. The molecule has 0 atom stereocenters. The normalized spacial score (nSPS) is 9.27. The van der Waals surface area contributed by atoms with Gasteiger partial charge in [0.15, 0.2) is 0 Å². The van der Waals surface area contributed by atoms with Crippen LogP contribution in [0.4, 0.5) is 5.82 Å². The van der Waals surface area contributed by atoms with Crippen molar-refractivity contribution in [1.29, 1.82) is 5.26 Å². The molecule has 78 valence electrons. The van der Waals surface area contributed by atoms with Crippen LogP contribution in [0.1, 0.15) is 18.5 Å². The van der Waals surface area contributed by atoms with Crippen LogP contribution in [0.25, 0.3) is 0 Å². The summed E-state index contributed by atoms with van der Waals surface area (Å²) < 4.78 is 0. The molecular formula is C10H12N4O. The maximum Gasteiger partial charge on any atom is 0.217 e. The first-order valence-corrected chi connectivity index (χ1v) is 4.61. The Morgan fingerprint density at radius 2 is 2.40 bits per heavy atom. The molecule has 1 rings (SSSR count). The molecule has 1 aromatic heterocycles. The van der Waals surface area contributed by atoms with Gasteiger partial charge in [0.1, 0.15) is 17.6 Å². The van der Waals surface area contributed by atoms with Crippen LogP contribution in [0.15, 0.2) is 18.2 Å². The third-order valence-electron chi connectivity index (χ3n) is 1.77. The molecule has 0 fully saturated rings. The van der Waals surface area contributed by atoms with Gasteiger partial charge in [-0.25, -0.2) is 4.98 Å². The molecular weight excluding hydrogens is 192 g/mol. The van der Waals surface area contributed by atoms with E-state index in [1.165, 1.54) is 0 Å². The summed E-state index contributed by atoms with van der Waals surface area (Å²) in [5.74, 6) is 0.328. The average Bonchev–Trinajstić information content (AvgIpc) is 2.24. The van der Waals surface area contributed by atoms with Crippen LogP contribution < -0.4 is 11.1 Å². The van der Waals surface area contributed by atoms with Gasteiger partial charge in [0.25, 0.3) is 0 Å². The maximum absolute atomic E-state index is 10.4. The van der Waals surface area contributed by atoms with E-state index in [1.807, 2.05) is 6.07 Å². The number of nitriles is 1. The summed E-state index contributed by atoms with van der Waals surface area (Å²) in [7, 11) is 0. The van der Waals surface area contributed by atoms with Crippen LogP contribution in [0, 0.1) is 11.3 Å². The number of primary amides is 1. The fraction of sp³-hybridized carbons (Fsp3) is 0.300. The number of pyridine rings is 1. The number of rotatable bonds is 5. The molecule has 0 saturated heterocycles. The van der Waals surface area contributed by atoms with E-state index in [9.17, 15) is 4.79 Å². The Hall–Kier alpha value is -2.09. The molecule has 5 nitrogen and oxygen atoms in total. The molecule has 0 bridgehead atoms. The molecule has 0 unspecified atom stereocenters. The lowest BCUT2D eigenvalue weighted by atomic mass is 10.3. The lowest BCUT2D eigenvalue weighted by molar-refractivity contribution is -0.118. The van der Waals surface area contributed by atoms with Gasteiger partial charge in [-0.2, -0.15) is 5.26 Å². The van der Waals surface area contributed by atoms with Gasteiger partial charge in [0, 0.05) is 13.0 Å². The van der Waals surface area contributed by atoms with Gasteiger partial charge in [-0.05, 0) is 18.6 Å². The molecule has 15 heavy (non-hydrogen) atoms. The van der Waals surface area contributed by atoms with Crippen molar-refractivity contribution >= 4 is 11.7 Å². The Morgan fingerprint density at radius 1 is 1.60 bits per heavy atom. The van der Waals surface area contributed by atoms with Gasteiger partial charge >= 0.3 is 0 Å². The van der Waals surface area contributed by atoms with Crippen molar-refractivity contribution in [2.45, 2.75) is 12.8 Å². The van der Waals surface area contributed by atoms with Crippen LogP contribution in [0.5, 0.6) is 0 Å². The predicted molar refractivity (Wildman–Crippen MR) is 55.9 cm³/mol. The third-order valence-corrected chi connectivity index (χ3v) is 1.77. The van der Waals surface area contributed by atoms with E-state index < -0.39 is 0 Å². The first kappa shape index (κ1) is 11.0. The highest BCUT2D eigenvalue weighted by molar-refractivity contribution is 5.73. The smallest absolute Gasteiger partial charge is 0.217 e. The van der Waals surface area contributed by atoms with Gasteiger partial charge in [0.2, 0.25) is 5.91 Å². The summed E-state index contributed by atoms with van der Waals surface area (Å²) in [6, 6.07) is 7.11. The zero-order chi connectivity index (χ0) is 11.1. The second-order valence-corrected chi connectivity index (χ2v) is 3.02. The standard InChI is InChI=1S/C10H12N4O/c11-7-8-3-1-5-10(14-8)13-6-2-4-9(12)15/h1,3,5H,2,4,6H2,(H2,12,15)(H,13,14). The molecule has 0 aliphatic heterocycles. The highest BCUT2D eigenvalue weighted by Gasteiger charge is 1.97. The van der Waals surface area contributed by atoms with Gasteiger partial charge < -0.3 is 11.1 Å². The largest absolute Gasteiger partial charge is 0.370 e. The Bertz CT molecular complexity index is 383. The topological polar surface area (TPSA) is 91.8 Å². The van der Waals surface area contributed by atoms with E-state index >= 15 is 0 Å². The van der Waals surface area contributed by atoms with Crippen molar-refractivity contribution in [2.24, 2.45) is 5.73 Å². The maximum atomic E-state index is 10.4.